The molecular weight excluding hydrogens is 440 g/mol. The summed E-state index contributed by atoms with van der Waals surface area (Å²) in [4.78, 5) is 0. The Bertz CT molecular complexity index is 995. The van der Waals surface area contributed by atoms with E-state index in [2.05, 4.69) is 0 Å². The maximum atomic E-state index is 10.6. The number of hydrogen-bond acceptors (Lipinski definition) is 11. The molecular formula is C22H26O11. The number of phenols is 2. The normalized spacial score (nSPS) is 31.4. The second-order valence-electron chi connectivity index (χ2n) is 7.98. The van der Waals surface area contributed by atoms with Crippen LogP contribution < -0.4 is 14.2 Å². The molecule has 0 saturated carbocycles. The van der Waals surface area contributed by atoms with E-state index >= 15 is 0 Å². The minimum Gasteiger partial charge on any atom is -0.507 e. The molecule has 4 rings (SSSR count). The first-order chi connectivity index (χ1) is 15.7. The molecule has 0 bridgehead atoms. The molecule has 0 amide bonds. The van der Waals surface area contributed by atoms with Gasteiger partial charge in [-0.1, -0.05) is 6.07 Å². The van der Waals surface area contributed by atoms with Crippen LogP contribution in [0.5, 0.6) is 28.7 Å². The fourth-order valence-corrected chi connectivity index (χ4v) is 3.99. The second-order valence-corrected chi connectivity index (χ2v) is 7.98. The van der Waals surface area contributed by atoms with E-state index in [1.165, 1.54) is 31.4 Å². The summed E-state index contributed by atoms with van der Waals surface area (Å²) in [5.41, 5.74) is 0.809. The predicted molar refractivity (Wildman–Crippen MR) is 110 cm³/mol. The molecule has 2 aromatic carbocycles. The molecule has 7 atom stereocenters. The summed E-state index contributed by atoms with van der Waals surface area (Å²) in [6.07, 6.45) is -9.21. The SMILES string of the molecule is COc1ccc(C2Oc3cc(OC4OC(CO)C(O)C(O)C4O)cc(O)c3CC2O)cc1O. The van der Waals surface area contributed by atoms with Gasteiger partial charge in [-0.25, -0.2) is 0 Å². The molecule has 11 nitrogen and oxygen atoms in total. The summed E-state index contributed by atoms with van der Waals surface area (Å²) in [5, 5.41) is 70.4. The largest absolute Gasteiger partial charge is 0.507 e. The van der Waals surface area contributed by atoms with Crippen LogP contribution in [0.3, 0.4) is 0 Å². The molecule has 2 aliphatic heterocycles. The maximum absolute atomic E-state index is 10.6. The zero-order chi connectivity index (χ0) is 23.9. The first-order valence-corrected chi connectivity index (χ1v) is 10.3. The Hall–Kier alpha value is -2.80. The highest BCUT2D eigenvalue weighted by molar-refractivity contribution is 5.52. The summed E-state index contributed by atoms with van der Waals surface area (Å²) in [7, 11) is 1.41. The molecule has 2 aliphatic rings. The number of benzene rings is 2. The van der Waals surface area contributed by atoms with E-state index in [9.17, 15) is 35.7 Å². The third-order valence-electron chi connectivity index (χ3n) is 5.81. The van der Waals surface area contributed by atoms with Crippen molar-refractivity contribution < 1.29 is 54.7 Å². The summed E-state index contributed by atoms with van der Waals surface area (Å²) < 4.78 is 21.8. The number of hydrogen-bond donors (Lipinski definition) is 7. The quantitative estimate of drug-likeness (QED) is 0.297. The van der Waals surface area contributed by atoms with Crippen molar-refractivity contribution in [2.24, 2.45) is 0 Å². The molecule has 2 heterocycles. The van der Waals surface area contributed by atoms with Crippen LogP contribution in [0.15, 0.2) is 30.3 Å². The minimum atomic E-state index is -1.63. The summed E-state index contributed by atoms with van der Waals surface area (Å²) in [6, 6.07) is 7.22. The van der Waals surface area contributed by atoms with Gasteiger partial charge in [-0.05, 0) is 17.7 Å². The Morgan fingerprint density at radius 1 is 0.970 bits per heavy atom. The molecule has 33 heavy (non-hydrogen) atoms. The van der Waals surface area contributed by atoms with Crippen molar-refractivity contribution in [1.29, 1.82) is 0 Å². The third-order valence-corrected chi connectivity index (χ3v) is 5.81. The number of methoxy groups -OCH3 is 1. The molecule has 11 heteroatoms. The number of rotatable bonds is 5. The summed E-state index contributed by atoms with van der Waals surface area (Å²) >= 11 is 0. The number of phenolic OH excluding ortho intramolecular Hbond substituents is 2. The average molecular weight is 466 g/mol. The van der Waals surface area contributed by atoms with Crippen LogP contribution in [0.2, 0.25) is 0 Å². The molecule has 0 aliphatic carbocycles. The van der Waals surface area contributed by atoms with E-state index in [-0.39, 0.29) is 35.2 Å². The van der Waals surface area contributed by atoms with Crippen molar-refractivity contribution in [2.45, 2.75) is 49.3 Å². The van der Waals surface area contributed by atoms with Crippen molar-refractivity contribution in [2.75, 3.05) is 13.7 Å². The number of aromatic hydroxyl groups is 2. The van der Waals surface area contributed by atoms with Crippen LogP contribution in [0.1, 0.15) is 17.2 Å². The summed E-state index contributed by atoms with van der Waals surface area (Å²) in [6.45, 7) is -0.613. The van der Waals surface area contributed by atoms with Crippen LogP contribution in [-0.4, -0.2) is 86.3 Å². The highest BCUT2D eigenvalue weighted by Crippen LogP contribution is 2.43. The molecule has 2 aromatic rings. The standard InChI is InChI=1S/C22H26O11/c1-30-15-3-2-9(4-13(15)25)21-14(26)7-11-12(24)5-10(6-16(11)32-21)31-22-20(29)19(28)18(27)17(8-23)33-22/h2-6,14,17-29H,7-8H2,1H3. The van der Waals surface area contributed by atoms with Crippen LogP contribution in [0.25, 0.3) is 0 Å². The Balaban J connectivity index is 1.58. The van der Waals surface area contributed by atoms with E-state index in [0.717, 1.165) is 0 Å². The highest BCUT2D eigenvalue weighted by Gasteiger charge is 2.45. The number of aliphatic hydroxyl groups is 5. The topological polar surface area (TPSA) is 179 Å². The van der Waals surface area contributed by atoms with Gasteiger partial charge in [0, 0.05) is 24.1 Å². The first kappa shape index (κ1) is 23.4. The van der Waals surface area contributed by atoms with Gasteiger partial charge in [0.25, 0.3) is 0 Å². The van der Waals surface area contributed by atoms with E-state index in [1.807, 2.05) is 0 Å². The maximum Gasteiger partial charge on any atom is 0.229 e. The predicted octanol–water partition coefficient (Wildman–Crippen LogP) is -0.678. The van der Waals surface area contributed by atoms with Crippen molar-refractivity contribution in [3.05, 3.63) is 41.5 Å². The lowest BCUT2D eigenvalue weighted by atomic mass is 9.94. The molecule has 7 N–H and O–H groups in total. The Kier molecular flexibility index (Phi) is 6.52. The fourth-order valence-electron chi connectivity index (χ4n) is 3.99. The van der Waals surface area contributed by atoms with Crippen LogP contribution in [-0.2, 0) is 11.2 Å². The van der Waals surface area contributed by atoms with Crippen molar-refractivity contribution in [3.8, 4) is 28.7 Å². The summed E-state index contributed by atoms with van der Waals surface area (Å²) in [5.74, 6) is 0.113. The zero-order valence-corrected chi connectivity index (χ0v) is 17.6. The van der Waals surface area contributed by atoms with Gasteiger partial charge in [0.1, 0.15) is 47.8 Å². The fraction of sp³-hybridized carbons (Fsp3) is 0.455. The number of fused-ring (bicyclic) bond motifs is 1. The smallest absolute Gasteiger partial charge is 0.229 e. The third kappa shape index (κ3) is 4.38. The molecule has 1 saturated heterocycles. The minimum absolute atomic E-state index is 0.0169. The Labute approximate surface area is 188 Å². The van der Waals surface area contributed by atoms with Gasteiger partial charge in [0.2, 0.25) is 6.29 Å². The molecule has 0 aromatic heterocycles. The van der Waals surface area contributed by atoms with Crippen molar-refractivity contribution in [1.82, 2.24) is 0 Å². The van der Waals surface area contributed by atoms with Crippen LogP contribution >= 0.6 is 0 Å². The monoisotopic (exact) mass is 466 g/mol. The lowest BCUT2D eigenvalue weighted by Crippen LogP contribution is -2.60. The van der Waals surface area contributed by atoms with E-state index < -0.39 is 49.5 Å². The van der Waals surface area contributed by atoms with Gasteiger partial charge < -0.3 is 54.7 Å². The van der Waals surface area contributed by atoms with E-state index in [1.54, 1.807) is 6.07 Å². The lowest BCUT2D eigenvalue weighted by molar-refractivity contribution is -0.277. The zero-order valence-electron chi connectivity index (χ0n) is 17.6. The number of ether oxygens (including phenoxy) is 4. The molecule has 0 spiro atoms. The van der Waals surface area contributed by atoms with Crippen molar-refractivity contribution in [3.63, 3.8) is 0 Å². The second kappa shape index (κ2) is 9.21. The van der Waals surface area contributed by atoms with Gasteiger partial charge in [-0.2, -0.15) is 0 Å². The van der Waals surface area contributed by atoms with Gasteiger partial charge in [0.15, 0.2) is 11.5 Å². The highest BCUT2D eigenvalue weighted by atomic mass is 16.7. The molecule has 1 fully saturated rings. The average Bonchev–Trinajstić information content (AvgIpc) is 2.79. The van der Waals surface area contributed by atoms with Crippen LogP contribution in [0.4, 0.5) is 0 Å². The van der Waals surface area contributed by atoms with E-state index in [4.69, 9.17) is 18.9 Å². The van der Waals surface area contributed by atoms with Gasteiger partial charge in [-0.3, -0.25) is 0 Å². The Morgan fingerprint density at radius 3 is 2.39 bits per heavy atom. The van der Waals surface area contributed by atoms with Gasteiger partial charge >= 0.3 is 0 Å². The molecule has 180 valence electrons. The van der Waals surface area contributed by atoms with Gasteiger partial charge in [-0.15, -0.1) is 0 Å². The van der Waals surface area contributed by atoms with Crippen LogP contribution in [0, 0.1) is 0 Å². The molecule has 0 radical (unpaired) electrons. The first-order valence-electron chi connectivity index (χ1n) is 10.3. The molecule has 7 unspecified atom stereocenters. The number of aliphatic hydroxyl groups excluding tert-OH is 5. The van der Waals surface area contributed by atoms with E-state index in [0.29, 0.717) is 11.1 Å². The van der Waals surface area contributed by atoms with Crippen molar-refractivity contribution >= 4 is 0 Å². The Morgan fingerprint density at radius 2 is 1.73 bits per heavy atom. The van der Waals surface area contributed by atoms with Gasteiger partial charge in [0.05, 0.1) is 19.8 Å². The lowest BCUT2D eigenvalue weighted by Gasteiger charge is -2.39.